The molecule has 0 amide bonds. The largest absolute Gasteiger partial charge is 0.461 e. The average Bonchev–Trinajstić information content (AvgIpc) is 2.30. The van der Waals surface area contributed by atoms with Crippen LogP contribution in [-0.4, -0.2) is 17.7 Å². The molecule has 0 spiro atoms. The molecular weight excluding hydrogens is 263 g/mol. The van der Waals surface area contributed by atoms with Gasteiger partial charge in [0.2, 0.25) is 5.17 Å². The second-order valence-corrected chi connectivity index (χ2v) is 3.96. The molecule has 0 atom stereocenters. The van der Waals surface area contributed by atoms with Crippen molar-refractivity contribution in [3.63, 3.8) is 0 Å². The average molecular weight is 275 g/mol. The molecule has 17 heavy (non-hydrogen) atoms. The van der Waals surface area contributed by atoms with Crippen molar-refractivity contribution in [1.29, 1.82) is 0 Å². The Kier molecular flexibility index (Phi) is 5.25. The van der Waals surface area contributed by atoms with Gasteiger partial charge in [-0.2, -0.15) is 5.10 Å². The normalized spacial score (nSPS) is 11.2. The van der Waals surface area contributed by atoms with Gasteiger partial charge in [-0.3, -0.25) is 5.43 Å². The number of hydrogen-bond donors (Lipinski definition) is 1. The van der Waals surface area contributed by atoms with Crippen LogP contribution in [-0.2, 0) is 9.53 Å². The van der Waals surface area contributed by atoms with Crippen LogP contribution in [0.3, 0.4) is 0 Å². The van der Waals surface area contributed by atoms with Crippen LogP contribution in [0.1, 0.15) is 12.5 Å². The molecule has 1 aromatic rings. The van der Waals surface area contributed by atoms with Gasteiger partial charge in [0.15, 0.2) is 0 Å². The van der Waals surface area contributed by atoms with E-state index in [-0.39, 0.29) is 11.8 Å². The third-order valence-corrected chi connectivity index (χ3v) is 2.54. The summed E-state index contributed by atoms with van der Waals surface area (Å²) >= 11 is 11.5. The number of hydrazone groups is 1. The molecule has 0 saturated heterocycles. The highest BCUT2D eigenvalue weighted by Gasteiger charge is 2.08. The van der Waals surface area contributed by atoms with E-state index in [0.29, 0.717) is 10.7 Å². The number of ether oxygens (including phenoxy) is 1. The molecule has 1 rings (SSSR count). The number of nitrogens with one attached hydrogen (secondary N) is 1. The highest BCUT2D eigenvalue weighted by atomic mass is 35.5. The number of benzene rings is 1. The monoisotopic (exact) mass is 274 g/mol. The standard InChI is InChI=1S/C11H12Cl2N2O2/c1-3-17-11(16)10(13)15-14-8-5-4-7(2)9(12)6-8/h4-6,14H,3H2,1-2H3. The van der Waals surface area contributed by atoms with Crippen molar-refractivity contribution in [3.8, 4) is 0 Å². The zero-order chi connectivity index (χ0) is 12.8. The Morgan fingerprint density at radius 2 is 2.24 bits per heavy atom. The molecule has 0 aromatic heterocycles. The molecule has 0 bridgehead atoms. The molecule has 92 valence electrons. The van der Waals surface area contributed by atoms with Gasteiger partial charge in [0.05, 0.1) is 12.3 Å². The molecule has 0 fully saturated rings. The van der Waals surface area contributed by atoms with E-state index in [2.05, 4.69) is 15.3 Å². The van der Waals surface area contributed by atoms with Crippen LogP contribution in [0.4, 0.5) is 5.69 Å². The molecule has 0 aliphatic carbocycles. The Morgan fingerprint density at radius 3 is 2.82 bits per heavy atom. The van der Waals surface area contributed by atoms with E-state index in [4.69, 9.17) is 23.2 Å². The van der Waals surface area contributed by atoms with Gasteiger partial charge in [-0.15, -0.1) is 0 Å². The minimum atomic E-state index is -0.667. The van der Waals surface area contributed by atoms with Gasteiger partial charge in [-0.05, 0) is 31.5 Å². The Balaban J connectivity index is 2.69. The summed E-state index contributed by atoms with van der Waals surface area (Å²) in [6.07, 6.45) is 0. The van der Waals surface area contributed by atoms with Gasteiger partial charge < -0.3 is 4.74 Å². The maximum absolute atomic E-state index is 11.1. The first kappa shape index (κ1) is 13.8. The summed E-state index contributed by atoms with van der Waals surface area (Å²) in [7, 11) is 0. The van der Waals surface area contributed by atoms with Crippen molar-refractivity contribution < 1.29 is 9.53 Å². The number of aryl methyl sites for hydroxylation is 1. The summed E-state index contributed by atoms with van der Waals surface area (Å²) in [4.78, 5) is 11.1. The van der Waals surface area contributed by atoms with Crippen LogP contribution in [0.5, 0.6) is 0 Å². The number of anilines is 1. The molecule has 0 aliphatic rings. The molecule has 0 unspecified atom stereocenters. The van der Waals surface area contributed by atoms with Gasteiger partial charge in [0.25, 0.3) is 0 Å². The SMILES string of the molecule is CCOC(=O)C(Cl)=NNc1ccc(C)c(Cl)c1. The van der Waals surface area contributed by atoms with E-state index in [9.17, 15) is 4.79 Å². The molecule has 0 saturated carbocycles. The van der Waals surface area contributed by atoms with Crippen molar-refractivity contribution in [3.05, 3.63) is 28.8 Å². The Bertz CT molecular complexity index is 447. The lowest BCUT2D eigenvalue weighted by atomic mass is 10.2. The lowest BCUT2D eigenvalue weighted by Crippen LogP contribution is -2.13. The van der Waals surface area contributed by atoms with E-state index in [1.54, 1.807) is 19.1 Å². The second-order valence-electron chi connectivity index (χ2n) is 3.20. The predicted octanol–water partition coefficient (Wildman–Crippen LogP) is 3.18. The first-order valence-electron chi connectivity index (χ1n) is 4.97. The fraction of sp³-hybridized carbons (Fsp3) is 0.273. The van der Waals surface area contributed by atoms with Gasteiger partial charge in [0, 0.05) is 5.02 Å². The summed E-state index contributed by atoms with van der Waals surface area (Å²) in [6, 6.07) is 5.30. The summed E-state index contributed by atoms with van der Waals surface area (Å²) in [6.45, 7) is 3.83. The number of nitrogens with zero attached hydrogens (tertiary/aromatic N) is 1. The van der Waals surface area contributed by atoms with Gasteiger partial charge >= 0.3 is 5.97 Å². The molecule has 4 nitrogen and oxygen atoms in total. The number of rotatable bonds is 4. The molecular formula is C11H12Cl2N2O2. The molecule has 6 heteroatoms. The summed E-state index contributed by atoms with van der Waals surface area (Å²) in [5.74, 6) is -0.667. The van der Waals surface area contributed by atoms with E-state index < -0.39 is 5.97 Å². The van der Waals surface area contributed by atoms with Crippen LogP contribution in [0.15, 0.2) is 23.3 Å². The minimum Gasteiger partial charge on any atom is -0.461 e. The Hall–Kier alpha value is -1.26. The van der Waals surface area contributed by atoms with Crippen LogP contribution in [0.25, 0.3) is 0 Å². The van der Waals surface area contributed by atoms with Crippen molar-refractivity contribution in [1.82, 2.24) is 0 Å². The molecule has 0 aliphatic heterocycles. The molecule has 0 radical (unpaired) electrons. The first-order chi connectivity index (χ1) is 8.04. The third kappa shape index (κ3) is 4.24. The fourth-order valence-corrected chi connectivity index (χ4v) is 1.29. The topological polar surface area (TPSA) is 50.7 Å². The van der Waals surface area contributed by atoms with Crippen LogP contribution in [0, 0.1) is 6.92 Å². The highest BCUT2D eigenvalue weighted by molar-refractivity contribution is 6.82. The van der Waals surface area contributed by atoms with E-state index in [1.807, 2.05) is 13.0 Å². The summed E-state index contributed by atoms with van der Waals surface area (Å²) < 4.78 is 4.67. The summed E-state index contributed by atoms with van der Waals surface area (Å²) in [5.41, 5.74) is 4.22. The zero-order valence-electron chi connectivity index (χ0n) is 9.46. The van der Waals surface area contributed by atoms with Gasteiger partial charge in [0.1, 0.15) is 0 Å². The molecule has 0 heterocycles. The first-order valence-corrected chi connectivity index (χ1v) is 5.72. The molecule has 1 N–H and O–H groups in total. The summed E-state index contributed by atoms with van der Waals surface area (Å²) in [5, 5.41) is 4.03. The molecule has 1 aromatic carbocycles. The maximum Gasteiger partial charge on any atom is 0.370 e. The Labute approximate surface area is 110 Å². The van der Waals surface area contributed by atoms with E-state index in [1.165, 1.54) is 0 Å². The lowest BCUT2D eigenvalue weighted by molar-refractivity contribution is -0.134. The van der Waals surface area contributed by atoms with Crippen molar-refractivity contribution in [2.75, 3.05) is 12.0 Å². The van der Waals surface area contributed by atoms with Crippen molar-refractivity contribution in [2.24, 2.45) is 5.10 Å². The van der Waals surface area contributed by atoms with Crippen LogP contribution in [0.2, 0.25) is 5.02 Å². The van der Waals surface area contributed by atoms with Crippen LogP contribution < -0.4 is 5.43 Å². The zero-order valence-corrected chi connectivity index (χ0v) is 11.0. The Morgan fingerprint density at radius 1 is 1.53 bits per heavy atom. The van der Waals surface area contributed by atoms with Crippen LogP contribution >= 0.6 is 23.2 Å². The number of hydrogen-bond acceptors (Lipinski definition) is 4. The smallest absolute Gasteiger partial charge is 0.370 e. The second kappa shape index (κ2) is 6.47. The highest BCUT2D eigenvalue weighted by Crippen LogP contribution is 2.19. The number of carbonyl (C=O) groups excluding carboxylic acids is 1. The number of esters is 1. The number of carbonyl (C=O) groups is 1. The fourth-order valence-electron chi connectivity index (χ4n) is 1.01. The number of halogens is 2. The van der Waals surface area contributed by atoms with E-state index in [0.717, 1.165) is 5.56 Å². The van der Waals surface area contributed by atoms with Crippen molar-refractivity contribution in [2.45, 2.75) is 13.8 Å². The quantitative estimate of drug-likeness (QED) is 0.521. The predicted molar refractivity (Wildman–Crippen MR) is 69.7 cm³/mol. The maximum atomic E-state index is 11.1. The lowest BCUT2D eigenvalue weighted by Gasteiger charge is -2.04. The van der Waals surface area contributed by atoms with E-state index >= 15 is 0 Å². The van der Waals surface area contributed by atoms with Gasteiger partial charge in [-0.25, -0.2) is 4.79 Å². The van der Waals surface area contributed by atoms with Crippen molar-refractivity contribution >= 4 is 40.0 Å². The van der Waals surface area contributed by atoms with Gasteiger partial charge in [-0.1, -0.05) is 29.3 Å². The minimum absolute atomic E-state index is 0.251. The third-order valence-electron chi connectivity index (χ3n) is 1.90.